The van der Waals surface area contributed by atoms with Crippen LogP contribution in [0.15, 0.2) is 51.7 Å². The van der Waals surface area contributed by atoms with Crippen molar-refractivity contribution in [1.29, 1.82) is 0 Å². The summed E-state index contributed by atoms with van der Waals surface area (Å²) in [6, 6.07) is 13.8. The second kappa shape index (κ2) is 10.2. The fourth-order valence-corrected chi connectivity index (χ4v) is 5.89. The molecule has 1 aliphatic rings. The highest BCUT2D eigenvalue weighted by Gasteiger charge is 2.27. The van der Waals surface area contributed by atoms with Crippen molar-refractivity contribution in [2.75, 3.05) is 39.9 Å². The molecule has 1 N–H and O–H groups in total. The number of morpholine rings is 1. The Hall–Kier alpha value is -1.94. The second-order valence-corrected chi connectivity index (χ2v) is 10.1. The number of ether oxygens (including phenoxy) is 1. The van der Waals surface area contributed by atoms with E-state index in [-0.39, 0.29) is 0 Å². The third-order valence-electron chi connectivity index (χ3n) is 4.54. The van der Waals surface area contributed by atoms with Gasteiger partial charge in [0.25, 0.3) is 10.0 Å². The molecular weight excluding hydrogens is 408 g/mol. The molecule has 0 bridgehead atoms. The molecule has 9 heteroatoms. The van der Waals surface area contributed by atoms with Crippen LogP contribution in [0.3, 0.4) is 0 Å². The number of guanidine groups is 1. The molecule has 1 aliphatic heterocycles. The van der Waals surface area contributed by atoms with Crippen LogP contribution in [0.2, 0.25) is 0 Å². The first-order chi connectivity index (χ1) is 14.0. The van der Waals surface area contributed by atoms with Crippen molar-refractivity contribution in [3.63, 3.8) is 0 Å². The maximum Gasteiger partial charge on any atom is 0.252 e. The van der Waals surface area contributed by atoms with Gasteiger partial charge in [-0.2, -0.15) is 4.31 Å². The Morgan fingerprint density at radius 2 is 1.93 bits per heavy atom. The molecule has 1 aromatic carbocycles. The van der Waals surface area contributed by atoms with Crippen molar-refractivity contribution in [3.8, 4) is 0 Å². The first-order valence-electron chi connectivity index (χ1n) is 9.70. The lowest BCUT2D eigenvalue weighted by atomic mass is 10.2. The Bertz CT molecular complexity index is 907. The van der Waals surface area contributed by atoms with Gasteiger partial charge in [0.1, 0.15) is 4.21 Å². The van der Waals surface area contributed by atoms with E-state index in [1.54, 1.807) is 6.07 Å². The summed E-state index contributed by atoms with van der Waals surface area (Å²) in [5.74, 6) is 0.794. The van der Waals surface area contributed by atoms with E-state index < -0.39 is 10.0 Å². The summed E-state index contributed by atoms with van der Waals surface area (Å²) < 4.78 is 32.7. The predicted octanol–water partition coefficient (Wildman–Crippen LogP) is 2.37. The molecule has 0 spiro atoms. The average Bonchev–Trinajstić information content (AvgIpc) is 3.22. The molecule has 2 aromatic rings. The minimum Gasteiger partial charge on any atom is -0.379 e. The van der Waals surface area contributed by atoms with Gasteiger partial charge < -0.3 is 15.0 Å². The van der Waals surface area contributed by atoms with Crippen molar-refractivity contribution in [1.82, 2.24) is 14.5 Å². The van der Waals surface area contributed by atoms with Gasteiger partial charge in [-0.3, -0.25) is 0 Å². The third-order valence-corrected chi connectivity index (χ3v) is 7.98. The summed E-state index contributed by atoms with van der Waals surface area (Å²) in [5, 5.41) is 3.30. The van der Waals surface area contributed by atoms with Gasteiger partial charge in [0.15, 0.2) is 5.96 Å². The van der Waals surface area contributed by atoms with Crippen LogP contribution in [0.4, 0.5) is 0 Å². The zero-order valence-electron chi connectivity index (χ0n) is 16.9. The standard InChI is InChI=1S/C20H28N4O3S2/c1-3-21-20(23(2)16-17-7-5-4-6-8-17)22-15-18-9-10-19(28-18)29(25,26)24-11-13-27-14-12-24/h4-10H,3,11-16H2,1-2H3,(H,21,22). The van der Waals surface area contributed by atoms with Crippen molar-refractivity contribution < 1.29 is 13.2 Å². The first kappa shape index (κ1) is 21.8. The highest BCUT2D eigenvalue weighted by atomic mass is 32.2. The topological polar surface area (TPSA) is 74.2 Å². The molecule has 1 aromatic heterocycles. The summed E-state index contributed by atoms with van der Waals surface area (Å²) in [7, 11) is -1.45. The first-order valence-corrected chi connectivity index (χ1v) is 12.0. The summed E-state index contributed by atoms with van der Waals surface area (Å²) in [6.07, 6.45) is 0. The highest BCUT2D eigenvalue weighted by Crippen LogP contribution is 2.26. The van der Waals surface area contributed by atoms with Crippen LogP contribution < -0.4 is 5.32 Å². The van der Waals surface area contributed by atoms with Crippen molar-refractivity contribution in [2.24, 2.45) is 4.99 Å². The number of nitrogens with one attached hydrogen (secondary N) is 1. The molecule has 158 valence electrons. The maximum atomic E-state index is 12.8. The zero-order chi connectivity index (χ0) is 20.7. The van der Waals surface area contributed by atoms with E-state index in [0.29, 0.717) is 37.1 Å². The van der Waals surface area contributed by atoms with Crippen LogP contribution in [0.1, 0.15) is 17.4 Å². The quantitative estimate of drug-likeness (QED) is 0.533. The summed E-state index contributed by atoms with van der Waals surface area (Å²) in [5.41, 5.74) is 1.20. The molecule has 1 fully saturated rings. The second-order valence-electron chi connectivity index (χ2n) is 6.75. The van der Waals surface area contributed by atoms with Crippen LogP contribution in [0.25, 0.3) is 0 Å². The van der Waals surface area contributed by atoms with Crippen LogP contribution >= 0.6 is 11.3 Å². The number of aliphatic imine (C=N–C) groups is 1. The van der Waals surface area contributed by atoms with E-state index in [0.717, 1.165) is 23.9 Å². The average molecular weight is 437 g/mol. The van der Waals surface area contributed by atoms with Gasteiger partial charge in [-0.1, -0.05) is 30.3 Å². The van der Waals surface area contributed by atoms with Gasteiger partial charge in [0, 0.05) is 38.1 Å². The zero-order valence-corrected chi connectivity index (χ0v) is 18.5. The van der Waals surface area contributed by atoms with Gasteiger partial charge in [-0.05, 0) is 24.6 Å². The summed E-state index contributed by atoms with van der Waals surface area (Å²) in [6.45, 7) is 5.68. The van der Waals surface area contributed by atoms with E-state index in [9.17, 15) is 8.42 Å². The molecular formula is C20H28N4O3S2. The normalized spacial score (nSPS) is 16.0. The Morgan fingerprint density at radius 3 is 2.62 bits per heavy atom. The smallest absolute Gasteiger partial charge is 0.252 e. The number of rotatable bonds is 7. The number of thiophene rings is 1. The van der Waals surface area contributed by atoms with Crippen LogP contribution in [-0.2, 0) is 27.8 Å². The molecule has 2 heterocycles. The number of benzene rings is 1. The largest absolute Gasteiger partial charge is 0.379 e. The van der Waals surface area contributed by atoms with Crippen molar-refractivity contribution in [2.45, 2.75) is 24.2 Å². The lowest BCUT2D eigenvalue weighted by molar-refractivity contribution is 0.0731. The number of hydrogen-bond donors (Lipinski definition) is 1. The van der Waals surface area contributed by atoms with Gasteiger partial charge in [0.05, 0.1) is 19.8 Å². The van der Waals surface area contributed by atoms with E-state index in [1.165, 1.54) is 21.2 Å². The molecule has 0 saturated carbocycles. The fourth-order valence-electron chi connectivity index (χ4n) is 3.05. The molecule has 29 heavy (non-hydrogen) atoms. The minimum absolute atomic E-state index is 0.368. The van der Waals surface area contributed by atoms with Crippen LogP contribution in [0, 0.1) is 0 Å². The molecule has 0 atom stereocenters. The van der Waals surface area contributed by atoms with Gasteiger partial charge in [0.2, 0.25) is 0 Å². The van der Waals surface area contributed by atoms with Gasteiger partial charge in [-0.15, -0.1) is 11.3 Å². The van der Waals surface area contributed by atoms with Crippen LogP contribution in [-0.4, -0.2) is 63.5 Å². The lowest BCUT2D eigenvalue weighted by Crippen LogP contribution is -2.40. The van der Waals surface area contributed by atoms with E-state index in [1.807, 2.05) is 38.2 Å². The van der Waals surface area contributed by atoms with Crippen molar-refractivity contribution >= 4 is 27.3 Å². The number of nitrogens with zero attached hydrogens (tertiary/aromatic N) is 3. The Balaban J connectivity index is 1.68. The van der Waals surface area contributed by atoms with E-state index in [4.69, 9.17) is 9.73 Å². The SMILES string of the molecule is CCNC(=NCc1ccc(S(=O)(=O)N2CCOCC2)s1)N(C)Cc1ccccc1. The molecule has 0 unspecified atom stereocenters. The molecule has 7 nitrogen and oxygen atoms in total. The number of sulfonamides is 1. The highest BCUT2D eigenvalue weighted by molar-refractivity contribution is 7.91. The van der Waals surface area contributed by atoms with E-state index >= 15 is 0 Å². The molecule has 3 rings (SSSR count). The van der Waals surface area contributed by atoms with Crippen molar-refractivity contribution in [3.05, 3.63) is 52.9 Å². The molecule has 0 radical (unpaired) electrons. The minimum atomic E-state index is -3.45. The van der Waals surface area contributed by atoms with E-state index in [2.05, 4.69) is 22.3 Å². The molecule has 1 saturated heterocycles. The Morgan fingerprint density at radius 1 is 1.21 bits per heavy atom. The summed E-state index contributed by atoms with van der Waals surface area (Å²) in [4.78, 5) is 7.69. The Kier molecular flexibility index (Phi) is 7.65. The fraction of sp³-hybridized carbons (Fsp3) is 0.450. The lowest BCUT2D eigenvalue weighted by Gasteiger charge is -2.25. The molecule has 0 amide bonds. The maximum absolute atomic E-state index is 12.8. The molecule has 0 aliphatic carbocycles. The number of hydrogen-bond acceptors (Lipinski definition) is 5. The third kappa shape index (κ3) is 5.79. The summed E-state index contributed by atoms with van der Waals surface area (Å²) >= 11 is 1.29. The van der Waals surface area contributed by atoms with Crippen LogP contribution in [0.5, 0.6) is 0 Å². The van der Waals surface area contributed by atoms with Gasteiger partial charge in [-0.25, -0.2) is 13.4 Å². The monoisotopic (exact) mass is 436 g/mol. The van der Waals surface area contributed by atoms with Gasteiger partial charge >= 0.3 is 0 Å². The Labute approximate surface area is 177 Å². The predicted molar refractivity (Wildman–Crippen MR) is 117 cm³/mol.